The molecule has 0 aliphatic heterocycles. The lowest BCUT2D eigenvalue weighted by atomic mass is 10.0. The van der Waals surface area contributed by atoms with E-state index in [1.54, 1.807) is 13.0 Å². The van der Waals surface area contributed by atoms with E-state index in [-0.39, 0.29) is 18.1 Å². The van der Waals surface area contributed by atoms with Gasteiger partial charge in [0.2, 0.25) is 5.78 Å². The predicted molar refractivity (Wildman–Crippen MR) is 129 cm³/mol. The van der Waals surface area contributed by atoms with Gasteiger partial charge >= 0.3 is 16.2 Å². The Morgan fingerprint density at radius 2 is 1.83 bits per heavy atom. The molecule has 0 spiro atoms. The van der Waals surface area contributed by atoms with Crippen molar-refractivity contribution in [3.05, 3.63) is 65.7 Å². The molecule has 0 bridgehead atoms. The van der Waals surface area contributed by atoms with Gasteiger partial charge < -0.3 is 9.72 Å². The summed E-state index contributed by atoms with van der Waals surface area (Å²) < 4.78 is 62.9. The molecule has 0 aliphatic rings. The van der Waals surface area contributed by atoms with Crippen molar-refractivity contribution < 1.29 is 26.7 Å². The van der Waals surface area contributed by atoms with Crippen LogP contribution in [0.5, 0.6) is 6.01 Å². The second-order valence-corrected chi connectivity index (χ2v) is 9.60. The number of aromatic nitrogens is 4. The van der Waals surface area contributed by atoms with Crippen molar-refractivity contribution in [1.82, 2.24) is 24.2 Å². The Hall–Kier alpha value is -3.97. The Kier molecular flexibility index (Phi) is 6.95. The fourth-order valence-electron chi connectivity index (χ4n) is 3.55. The van der Waals surface area contributed by atoms with E-state index in [0.29, 0.717) is 28.6 Å². The van der Waals surface area contributed by atoms with Crippen molar-refractivity contribution in [2.24, 2.45) is 0 Å². The van der Waals surface area contributed by atoms with E-state index in [0.717, 1.165) is 16.4 Å². The van der Waals surface area contributed by atoms with Crippen LogP contribution in [-0.4, -0.2) is 59.1 Å². The number of anilines is 1. The number of carbonyl (C=O) groups excluding carboxylic acids is 1. The predicted octanol–water partition coefficient (Wildman–Crippen LogP) is 3.54. The summed E-state index contributed by atoms with van der Waals surface area (Å²) in [6, 6.07) is 3.55. The van der Waals surface area contributed by atoms with Crippen LogP contribution in [0.1, 0.15) is 29.3 Å². The summed E-state index contributed by atoms with van der Waals surface area (Å²) in [6.07, 6.45) is 6.37. The highest BCUT2D eigenvalue weighted by molar-refractivity contribution is 7.90. The maximum atomic E-state index is 15.3. The third-order valence-corrected chi connectivity index (χ3v) is 6.91. The van der Waals surface area contributed by atoms with Gasteiger partial charge in [-0.3, -0.25) is 9.52 Å². The first-order chi connectivity index (χ1) is 17.2. The van der Waals surface area contributed by atoms with E-state index < -0.39 is 38.9 Å². The molecular weight excluding hydrogens is 494 g/mol. The fourth-order valence-corrected chi connectivity index (χ4v) is 4.56. The number of ketones is 1. The maximum Gasteiger partial charge on any atom is 0.316 e. The van der Waals surface area contributed by atoms with Gasteiger partial charge in [0, 0.05) is 60.5 Å². The number of methoxy groups -OCH3 is 1. The van der Waals surface area contributed by atoms with E-state index in [1.807, 2.05) is 0 Å². The molecule has 4 rings (SSSR count). The summed E-state index contributed by atoms with van der Waals surface area (Å²) in [5.41, 5.74) is -0.0377. The zero-order chi connectivity index (χ0) is 26.0. The van der Waals surface area contributed by atoms with Crippen LogP contribution < -0.4 is 9.46 Å². The standard InChI is InChI=1S/C23H22F2N6O4S/c1-4-7-31(2)36(33,34)30-18-6-5-17(24)19(20(18)25)21(32)16-12-27-22-15(16)8-13(9-26-22)14-10-28-23(35-3)29-11-14/h5-6,8-12,30H,4,7H2,1-3H3,(H,26,27). The highest BCUT2D eigenvalue weighted by Crippen LogP contribution is 2.29. The molecule has 0 unspecified atom stereocenters. The summed E-state index contributed by atoms with van der Waals surface area (Å²) in [5, 5.41) is 0.306. The van der Waals surface area contributed by atoms with Gasteiger partial charge in [0.1, 0.15) is 11.5 Å². The van der Waals surface area contributed by atoms with Crippen molar-refractivity contribution in [3.63, 3.8) is 0 Å². The summed E-state index contributed by atoms with van der Waals surface area (Å²) in [7, 11) is -1.35. The lowest BCUT2D eigenvalue weighted by Crippen LogP contribution is -2.33. The number of benzene rings is 1. The van der Waals surface area contributed by atoms with Crippen molar-refractivity contribution in [1.29, 1.82) is 0 Å². The molecule has 0 amide bonds. The molecule has 0 fully saturated rings. The van der Waals surface area contributed by atoms with E-state index in [2.05, 4.69) is 24.7 Å². The number of H-pyrrole nitrogens is 1. The number of carbonyl (C=O) groups is 1. The molecule has 36 heavy (non-hydrogen) atoms. The number of halogens is 2. The summed E-state index contributed by atoms with van der Waals surface area (Å²) in [4.78, 5) is 28.4. The number of hydrogen-bond acceptors (Lipinski definition) is 7. The van der Waals surface area contributed by atoms with E-state index in [1.165, 1.54) is 38.9 Å². The van der Waals surface area contributed by atoms with Crippen LogP contribution in [0, 0.1) is 11.6 Å². The Morgan fingerprint density at radius 3 is 2.50 bits per heavy atom. The maximum absolute atomic E-state index is 15.3. The normalized spacial score (nSPS) is 11.7. The number of nitrogens with zero attached hydrogens (tertiary/aromatic N) is 4. The summed E-state index contributed by atoms with van der Waals surface area (Å²) in [5.74, 6) is -3.44. The first kappa shape index (κ1) is 25.1. The molecule has 3 aromatic heterocycles. The van der Waals surface area contributed by atoms with Crippen molar-refractivity contribution in [2.75, 3.05) is 25.4 Å². The van der Waals surface area contributed by atoms with Crippen molar-refractivity contribution >= 4 is 32.7 Å². The zero-order valence-electron chi connectivity index (χ0n) is 19.5. The van der Waals surface area contributed by atoms with Crippen LogP contribution in [0.15, 0.2) is 43.0 Å². The number of nitrogens with one attached hydrogen (secondary N) is 2. The van der Waals surface area contributed by atoms with Gasteiger partial charge in [-0.2, -0.15) is 12.7 Å². The Bertz CT molecular complexity index is 1540. The number of ether oxygens (including phenoxy) is 1. The molecule has 0 saturated heterocycles. The van der Waals surface area contributed by atoms with Gasteiger partial charge in [0.25, 0.3) is 0 Å². The lowest BCUT2D eigenvalue weighted by molar-refractivity contribution is 0.103. The SMILES string of the molecule is CCCN(C)S(=O)(=O)Nc1ccc(F)c(C(=O)c2c[nH]c3ncc(-c4cnc(OC)nc4)cc23)c1F. The molecule has 3 heterocycles. The van der Waals surface area contributed by atoms with Gasteiger partial charge in [-0.05, 0) is 24.6 Å². The molecule has 10 nitrogen and oxygen atoms in total. The Morgan fingerprint density at radius 1 is 1.14 bits per heavy atom. The van der Waals surface area contributed by atoms with E-state index >= 15 is 4.39 Å². The van der Waals surface area contributed by atoms with E-state index in [4.69, 9.17) is 4.74 Å². The largest absolute Gasteiger partial charge is 0.467 e. The zero-order valence-corrected chi connectivity index (χ0v) is 20.4. The molecule has 0 radical (unpaired) electrons. The van der Waals surface area contributed by atoms with Crippen LogP contribution >= 0.6 is 0 Å². The highest BCUT2D eigenvalue weighted by Gasteiger charge is 2.27. The lowest BCUT2D eigenvalue weighted by Gasteiger charge is -2.18. The Balaban J connectivity index is 1.74. The van der Waals surface area contributed by atoms with Crippen LogP contribution in [0.2, 0.25) is 0 Å². The quantitative estimate of drug-likeness (QED) is 0.326. The molecule has 0 atom stereocenters. The van der Waals surface area contributed by atoms with Gasteiger partial charge in [0.15, 0.2) is 5.82 Å². The molecule has 0 aliphatic carbocycles. The minimum atomic E-state index is -4.11. The average molecular weight is 517 g/mol. The summed E-state index contributed by atoms with van der Waals surface area (Å²) >= 11 is 0. The number of aromatic amines is 1. The Labute approximate surface area is 205 Å². The third kappa shape index (κ3) is 4.75. The molecular formula is C23H22F2N6O4S. The molecule has 0 saturated carbocycles. The first-order valence-electron chi connectivity index (χ1n) is 10.8. The monoisotopic (exact) mass is 516 g/mol. The highest BCUT2D eigenvalue weighted by atomic mass is 32.2. The van der Waals surface area contributed by atoms with Crippen molar-refractivity contribution in [2.45, 2.75) is 13.3 Å². The van der Waals surface area contributed by atoms with Gasteiger partial charge in [-0.15, -0.1) is 0 Å². The number of rotatable bonds is 9. The van der Waals surface area contributed by atoms with Crippen LogP contribution in [0.25, 0.3) is 22.2 Å². The first-order valence-corrected chi connectivity index (χ1v) is 12.2. The molecule has 4 aromatic rings. The summed E-state index contributed by atoms with van der Waals surface area (Å²) in [6.45, 7) is 1.97. The second kappa shape index (κ2) is 9.95. The third-order valence-electron chi connectivity index (χ3n) is 5.43. The smallest absolute Gasteiger partial charge is 0.316 e. The number of fused-ring (bicyclic) bond motifs is 1. The van der Waals surface area contributed by atoms with Crippen LogP contribution in [0.4, 0.5) is 14.5 Å². The van der Waals surface area contributed by atoms with Gasteiger partial charge in [-0.1, -0.05) is 6.92 Å². The second-order valence-electron chi connectivity index (χ2n) is 7.82. The molecule has 188 valence electrons. The minimum absolute atomic E-state index is 0.0466. The molecule has 2 N–H and O–H groups in total. The van der Waals surface area contributed by atoms with Gasteiger partial charge in [0.05, 0.1) is 18.4 Å². The fraction of sp³-hybridized carbons (Fsp3) is 0.217. The molecule has 13 heteroatoms. The molecule has 1 aromatic carbocycles. The topological polar surface area (TPSA) is 130 Å². The van der Waals surface area contributed by atoms with Crippen LogP contribution in [0.3, 0.4) is 0 Å². The average Bonchev–Trinajstić information content (AvgIpc) is 3.29. The van der Waals surface area contributed by atoms with Gasteiger partial charge in [-0.25, -0.2) is 23.7 Å². The van der Waals surface area contributed by atoms with E-state index in [9.17, 15) is 17.6 Å². The number of pyridine rings is 1. The number of hydrogen-bond donors (Lipinski definition) is 2. The minimum Gasteiger partial charge on any atom is -0.467 e. The van der Waals surface area contributed by atoms with Crippen molar-refractivity contribution in [3.8, 4) is 17.1 Å². The van der Waals surface area contributed by atoms with Crippen LogP contribution in [-0.2, 0) is 10.2 Å².